The SMILES string of the molecule is COC(=O)c1c(NC(=O)c2ccc([N+](=O)[O-])cc2)sc(C(=O)Nc2cccc([N+](=O)[O-])c2)c1C. The number of carbonyl (C=O) groups is 3. The Labute approximate surface area is 195 Å². The number of hydrogen-bond acceptors (Lipinski definition) is 9. The van der Waals surface area contributed by atoms with Crippen molar-refractivity contribution in [2.24, 2.45) is 0 Å². The monoisotopic (exact) mass is 484 g/mol. The van der Waals surface area contributed by atoms with E-state index in [1.54, 1.807) is 0 Å². The van der Waals surface area contributed by atoms with E-state index in [9.17, 15) is 34.6 Å². The third-order valence-electron chi connectivity index (χ3n) is 4.62. The van der Waals surface area contributed by atoms with Gasteiger partial charge in [-0.05, 0) is 30.7 Å². The molecule has 0 aliphatic carbocycles. The van der Waals surface area contributed by atoms with Gasteiger partial charge in [-0.25, -0.2) is 4.79 Å². The lowest BCUT2D eigenvalue weighted by Crippen LogP contribution is -2.14. The average molecular weight is 484 g/mol. The van der Waals surface area contributed by atoms with Crippen LogP contribution < -0.4 is 10.6 Å². The van der Waals surface area contributed by atoms with E-state index in [4.69, 9.17) is 4.74 Å². The molecule has 0 aliphatic rings. The molecule has 0 saturated carbocycles. The number of anilines is 2. The quantitative estimate of drug-likeness (QED) is 0.286. The van der Waals surface area contributed by atoms with Crippen LogP contribution in [0.25, 0.3) is 0 Å². The average Bonchev–Trinajstić information content (AvgIpc) is 3.14. The van der Waals surface area contributed by atoms with Crippen LogP contribution in [-0.4, -0.2) is 34.7 Å². The van der Waals surface area contributed by atoms with Crippen LogP contribution in [0.4, 0.5) is 22.1 Å². The molecule has 0 saturated heterocycles. The minimum atomic E-state index is -0.790. The van der Waals surface area contributed by atoms with Crippen molar-refractivity contribution >= 4 is 51.2 Å². The van der Waals surface area contributed by atoms with Gasteiger partial charge in [0.15, 0.2) is 0 Å². The standard InChI is InChI=1S/C21H16N4O8S/c1-11-16(21(28)33-2)20(23-18(26)12-6-8-14(9-7-12)24(29)30)34-17(11)19(27)22-13-4-3-5-15(10-13)25(31)32/h3-10H,1-2H3,(H,22,27)(H,23,26). The highest BCUT2D eigenvalue weighted by atomic mass is 32.1. The van der Waals surface area contributed by atoms with Crippen molar-refractivity contribution in [2.75, 3.05) is 17.7 Å². The van der Waals surface area contributed by atoms with E-state index in [0.717, 1.165) is 30.6 Å². The maximum absolute atomic E-state index is 12.9. The van der Waals surface area contributed by atoms with Crippen LogP contribution in [-0.2, 0) is 4.74 Å². The molecule has 3 aromatic rings. The second-order valence-electron chi connectivity index (χ2n) is 6.77. The Kier molecular flexibility index (Phi) is 6.97. The highest BCUT2D eigenvalue weighted by molar-refractivity contribution is 7.19. The number of rotatable bonds is 7. The highest BCUT2D eigenvalue weighted by Crippen LogP contribution is 2.35. The smallest absolute Gasteiger partial charge is 0.341 e. The number of nitro benzene ring substituents is 2. The van der Waals surface area contributed by atoms with Crippen molar-refractivity contribution in [1.29, 1.82) is 0 Å². The molecule has 2 amide bonds. The third-order valence-corrected chi connectivity index (χ3v) is 5.83. The summed E-state index contributed by atoms with van der Waals surface area (Å²) >= 11 is 0.812. The van der Waals surface area contributed by atoms with E-state index in [1.807, 2.05) is 0 Å². The summed E-state index contributed by atoms with van der Waals surface area (Å²) in [6, 6.07) is 10.1. The summed E-state index contributed by atoms with van der Waals surface area (Å²) in [7, 11) is 1.14. The number of carbonyl (C=O) groups excluding carboxylic acids is 3. The predicted molar refractivity (Wildman–Crippen MR) is 122 cm³/mol. The van der Waals surface area contributed by atoms with Crippen LogP contribution in [0.2, 0.25) is 0 Å². The Bertz CT molecular complexity index is 1320. The maximum atomic E-state index is 12.9. The molecule has 2 aromatic carbocycles. The van der Waals surface area contributed by atoms with Gasteiger partial charge >= 0.3 is 5.97 Å². The van der Waals surface area contributed by atoms with Crippen molar-refractivity contribution in [2.45, 2.75) is 6.92 Å². The molecule has 0 bridgehead atoms. The van der Waals surface area contributed by atoms with Gasteiger partial charge in [-0.3, -0.25) is 29.8 Å². The second kappa shape index (κ2) is 9.87. The number of nitro groups is 2. The number of methoxy groups -OCH3 is 1. The molecule has 13 heteroatoms. The Morgan fingerprint density at radius 3 is 2.15 bits per heavy atom. The number of hydrogen-bond donors (Lipinski definition) is 2. The van der Waals surface area contributed by atoms with Gasteiger partial charge in [-0.15, -0.1) is 11.3 Å². The summed E-state index contributed by atoms with van der Waals surface area (Å²) < 4.78 is 4.78. The summed E-state index contributed by atoms with van der Waals surface area (Å²) in [6.45, 7) is 1.49. The zero-order valence-electron chi connectivity index (χ0n) is 17.7. The molecule has 174 valence electrons. The third kappa shape index (κ3) is 5.05. The zero-order valence-corrected chi connectivity index (χ0v) is 18.5. The van der Waals surface area contributed by atoms with E-state index in [2.05, 4.69) is 10.6 Å². The van der Waals surface area contributed by atoms with Crippen LogP contribution in [0.5, 0.6) is 0 Å². The van der Waals surface area contributed by atoms with E-state index in [-0.39, 0.29) is 43.6 Å². The lowest BCUT2D eigenvalue weighted by Gasteiger charge is -2.06. The van der Waals surface area contributed by atoms with Gasteiger partial charge in [0.1, 0.15) is 5.00 Å². The molecule has 0 radical (unpaired) electrons. The molecule has 2 N–H and O–H groups in total. The van der Waals surface area contributed by atoms with Crippen molar-refractivity contribution in [3.63, 3.8) is 0 Å². The van der Waals surface area contributed by atoms with Crippen molar-refractivity contribution in [3.8, 4) is 0 Å². The largest absolute Gasteiger partial charge is 0.465 e. The fraction of sp³-hybridized carbons (Fsp3) is 0.0952. The Hall–Kier alpha value is -4.65. The highest BCUT2D eigenvalue weighted by Gasteiger charge is 2.27. The normalized spacial score (nSPS) is 10.3. The van der Waals surface area contributed by atoms with Crippen LogP contribution in [0.3, 0.4) is 0 Å². The van der Waals surface area contributed by atoms with Crippen molar-refractivity contribution in [3.05, 3.63) is 90.3 Å². The van der Waals surface area contributed by atoms with Crippen LogP contribution in [0, 0.1) is 27.2 Å². The first-order valence-electron chi connectivity index (χ1n) is 9.45. The molecule has 0 atom stereocenters. The van der Waals surface area contributed by atoms with Gasteiger partial charge in [0.25, 0.3) is 23.2 Å². The first-order valence-corrected chi connectivity index (χ1v) is 10.3. The Morgan fingerprint density at radius 1 is 0.912 bits per heavy atom. The molecule has 1 heterocycles. The number of nitrogens with zero attached hydrogens (tertiary/aromatic N) is 2. The van der Waals surface area contributed by atoms with Gasteiger partial charge in [-0.2, -0.15) is 0 Å². The number of non-ortho nitro benzene ring substituents is 2. The minimum absolute atomic E-state index is 0.0352. The van der Waals surface area contributed by atoms with Gasteiger partial charge in [0.2, 0.25) is 0 Å². The number of thiophene rings is 1. The number of nitrogens with one attached hydrogen (secondary N) is 2. The van der Waals surface area contributed by atoms with Crippen LogP contribution in [0.1, 0.15) is 36.0 Å². The molecular formula is C21H16N4O8S. The molecule has 3 rings (SSSR count). The van der Waals surface area contributed by atoms with E-state index in [1.165, 1.54) is 43.3 Å². The topological polar surface area (TPSA) is 171 Å². The van der Waals surface area contributed by atoms with Crippen molar-refractivity contribution in [1.82, 2.24) is 0 Å². The summed E-state index contributed by atoms with van der Waals surface area (Å²) in [4.78, 5) is 58.5. The Balaban J connectivity index is 1.91. The Morgan fingerprint density at radius 2 is 1.56 bits per heavy atom. The van der Waals surface area contributed by atoms with Crippen molar-refractivity contribution < 1.29 is 29.0 Å². The molecule has 12 nitrogen and oxygen atoms in total. The molecule has 0 unspecified atom stereocenters. The molecular weight excluding hydrogens is 468 g/mol. The fourth-order valence-corrected chi connectivity index (χ4v) is 4.05. The zero-order chi connectivity index (χ0) is 25.0. The lowest BCUT2D eigenvalue weighted by atomic mass is 10.1. The second-order valence-corrected chi connectivity index (χ2v) is 7.79. The number of amides is 2. The molecule has 0 aliphatic heterocycles. The number of benzene rings is 2. The summed E-state index contributed by atoms with van der Waals surface area (Å²) in [5, 5.41) is 26.9. The van der Waals surface area contributed by atoms with E-state index < -0.39 is 27.6 Å². The van der Waals surface area contributed by atoms with Gasteiger partial charge in [0.05, 0.1) is 27.4 Å². The molecule has 34 heavy (non-hydrogen) atoms. The molecule has 0 fully saturated rings. The van der Waals surface area contributed by atoms with E-state index >= 15 is 0 Å². The summed E-state index contributed by atoms with van der Waals surface area (Å²) in [6.07, 6.45) is 0. The predicted octanol–water partition coefficient (Wildman–Crippen LogP) is 4.16. The number of esters is 1. The van der Waals surface area contributed by atoms with Crippen LogP contribution in [0.15, 0.2) is 48.5 Å². The van der Waals surface area contributed by atoms with Gasteiger partial charge in [0, 0.05) is 35.5 Å². The first kappa shape index (κ1) is 24.0. The lowest BCUT2D eigenvalue weighted by molar-refractivity contribution is -0.385. The van der Waals surface area contributed by atoms with Gasteiger partial charge < -0.3 is 15.4 Å². The van der Waals surface area contributed by atoms with Gasteiger partial charge in [-0.1, -0.05) is 6.07 Å². The first-order chi connectivity index (χ1) is 16.1. The maximum Gasteiger partial charge on any atom is 0.341 e. The van der Waals surface area contributed by atoms with Crippen LogP contribution >= 0.6 is 11.3 Å². The molecule has 1 aromatic heterocycles. The summed E-state index contributed by atoms with van der Waals surface area (Å²) in [5.41, 5.74) is 0.0507. The minimum Gasteiger partial charge on any atom is -0.465 e. The fourth-order valence-electron chi connectivity index (χ4n) is 2.96. The summed E-state index contributed by atoms with van der Waals surface area (Å²) in [5.74, 6) is -2.10. The van der Waals surface area contributed by atoms with E-state index in [0.29, 0.717) is 0 Å². The number of ether oxygens (including phenoxy) is 1. The molecule has 0 spiro atoms.